The third-order valence-electron chi connectivity index (χ3n) is 6.12. The topological polar surface area (TPSA) is 118 Å². The fourth-order valence-electron chi connectivity index (χ4n) is 4.41. The average Bonchev–Trinajstić information content (AvgIpc) is 3.54. The first-order valence-corrected chi connectivity index (χ1v) is 12.7. The fraction of sp³-hybridized carbons (Fsp3) is 0.360. The lowest BCUT2D eigenvalue weighted by atomic mass is 9.87. The zero-order chi connectivity index (χ0) is 24.2. The van der Waals surface area contributed by atoms with Gasteiger partial charge >= 0.3 is 12.0 Å². The monoisotopic (exact) mass is 490 g/mol. The van der Waals surface area contributed by atoms with E-state index >= 15 is 0 Å². The lowest BCUT2D eigenvalue weighted by Crippen LogP contribution is -2.28. The highest BCUT2D eigenvalue weighted by atomic mass is 32.1. The normalized spacial score (nSPS) is 16.0. The summed E-state index contributed by atoms with van der Waals surface area (Å²) in [6.45, 7) is 2.38. The number of aromatic nitrogens is 3. The minimum absolute atomic E-state index is 0.00954. The number of anilines is 1. The summed E-state index contributed by atoms with van der Waals surface area (Å²) >= 11 is 1.59. The van der Waals surface area contributed by atoms with Gasteiger partial charge in [-0.1, -0.05) is 19.3 Å². The van der Waals surface area contributed by atoms with Crippen LogP contribution in [0.25, 0.3) is 21.7 Å². The van der Waals surface area contributed by atoms with Crippen molar-refractivity contribution in [2.45, 2.75) is 44.9 Å². The summed E-state index contributed by atoms with van der Waals surface area (Å²) in [6.07, 6.45) is 11.2. The summed E-state index contributed by atoms with van der Waals surface area (Å²) in [5, 5.41) is 8.51. The molecule has 3 aromatic heterocycles. The molecule has 4 heterocycles. The van der Waals surface area contributed by atoms with Crippen LogP contribution in [0.2, 0.25) is 0 Å². The third-order valence-corrected chi connectivity index (χ3v) is 7.01. The maximum absolute atomic E-state index is 12.1. The highest BCUT2D eigenvalue weighted by Gasteiger charge is 2.22. The number of cyclic esters (lactones) is 1. The second-order valence-electron chi connectivity index (χ2n) is 8.57. The number of nitrogens with zero attached hydrogens (tertiary/aromatic N) is 4. The Bertz CT molecular complexity index is 1280. The first-order chi connectivity index (χ1) is 17.1. The first-order valence-electron chi connectivity index (χ1n) is 11.8. The number of aliphatic imine (C=N–C) groups is 1. The van der Waals surface area contributed by atoms with E-state index in [-0.39, 0.29) is 24.4 Å². The van der Waals surface area contributed by atoms with E-state index < -0.39 is 0 Å². The van der Waals surface area contributed by atoms with Crippen LogP contribution < -0.4 is 10.6 Å². The van der Waals surface area contributed by atoms with E-state index in [9.17, 15) is 9.59 Å². The number of nitrogens with one attached hydrogen (secondary N) is 2. The highest BCUT2D eigenvalue weighted by molar-refractivity contribution is 7.13. The molecule has 0 spiro atoms. The van der Waals surface area contributed by atoms with E-state index in [1.807, 2.05) is 19.1 Å². The van der Waals surface area contributed by atoms with Gasteiger partial charge in [0, 0.05) is 53.1 Å². The maximum Gasteiger partial charge on any atom is 0.334 e. The molecular weight excluding hydrogens is 464 g/mol. The molecule has 9 nitrogen and oxygen atoms in total. The van der Waals surface area contributed by atoms with Crippen molar-refractivity contribution in [3.8, 4) is 21.7 Å². The molecule has 35 heavy (non-hydrogen) atoms. The minimum atomic E-state index is -0.383. The molecule has 0 aromatic carbocycles. The predicted molar refractivity (Wildman–Crippen MR) is 135 cm³/mol. The molecule has 10 heteroatoms. The van der Waals surface area contributed by atoms with Crippen molar-refractivity contribution in [1.82, 2.24) is 20.3 Å². The summed E-state index contributed by atoms with van der Waals surface area (Å²) < 4.78 is 5.20. The molecule has 0 bridgehead atoms. The SMILES string of the molecule is CCNC(=O)Nc1cc(-c2nc(C3CCCCC3)cs2)c(-c2cncc(C3=NCC(=O)O3)c2)cn1. The maximum atomic E-state index is 12.1. The molecule has 2 amide bonds. The van der Waals surface area contributed by atoms with Gasteiger partial charge in [-0.25, -0.2) is 24.5 Å². The minimum Gasteiger partial charge on any atom is -0.406 e. The molecule has 3 aromatic rings. The van der Waals surface area contributed by atoms with Crippen molar-refractivity contribution in [3.63, 3.8) is 0 Å². The van der Waals surface area contributed by atoms with Gasteiger partial charge in [0.25, 0.3) is 0 Å². The smallest absolute Gasteiger partial charge is 0.334 e. The van der Waals surface area contributed by atoms with Gasteiger partial charge in [-0.3, -0.25) is 10.3 Å². The average molecular weight is 491 g/mol. The van der Waals surface area contributed by atoms with Crippen LogP contribution in [0.5, 0.6) is 0 Å². The van der Waals surface area contributed by atoms with E-state index in [2.05, 4.69) is 31.0 Å². The molecule has 1 aliphatic carbocycles. The fourth-order valence-corrected chi connectivity index (χ4v) is 5.34. The molecule has 0 saturated heterocycles. The third kappa shape index (κ3) is 5.22. The van der Waals surface area contributed by atoms with Crippen LogP contribution in [-0.2, 0) is 9.53 Å². The van der Waals surface area contributed by atoms with E-state index in [1.165, 1.54) is 32.1 Å². The molecule has 0 radical (unpaired) electrons. The summed E-state index contributed by atoms with van der Waals surface area (Å²) in [4.78, 5) is 41.6. The standard InChI is InChI=1S/C25H26N6O3S/c1-2-27-25(33)31-21-9-18(24-30-20(14-35-24)15-6-4-3-5-7-15)19(12-28-21)16-8-17(11-26-10-16)23-29-13-22(32)34-23/h8-12,14-15H,2-7,13H2,1H3,(H2,27,28,31,33). The van der Waals surface area contributed by atoms with Gasteiger partial charge in [-0.15, -0.1) is 11.3 Å². The summed E-state index contributed by atoms with van der Waals surface area (Å²) in [7, 11) is 0. The number of carbonyl (C=O) groups is 2. The number of ether oxygens (including phenoxy) is 1. The van der Waals surface area contributed by atoms with E-state index in [0.29, 0.717) is 23.8 Å². The molecule has 2 aliphatic rings. The molecule has 180 valence electrons. The van der Waals surface area contributed by atoms with Gasteiger partial charge in [0.1, 0.15) is 17.4 Å². The molecule has 1 fully saturated rings. The second-order valence-corrected chi connectivity index (χ2v) is 9.43. The van der Waals surface area contributed by atoms with Crippen molar-refractivity contribution >= 4 is 35.1 Å². The number of hydrogen-bond donors (Lipinski definition) is 2. The summed E-state index contributed by atoms with van der Waals surface area (Å²) in [6, 6.07) is 3.40. The molecule has 2 N–H and O–H groups in total. The summed E-state index contributed by atoms with van der Waals surface area (Å²) in [5.74, 6) is 0.808. The molecule has 1 saturated carbocycles. The number of esters is 1. The molecule has 1 aliphatic heterocycles. The molecule has 0 atom stereocenters. The van der Waals surface area contributed by atoms with Crippen LogP contribution in [0.15, 0.2) is 41.1 Å². The number of carbonyl (C=O) groups excluding carboxylic acids is 2. The van der Waals surface area contributed by atoms with E-state index in [0.717, 1.165) is 27.4 Å². The van der Waals surface area contributed by atoms with Crippen molar-refractivity contribution < 1.29 is 14.3 Å². The molecular formula is C25H26N6O3S. The Kier molecular flexibility index (Phi) is 6.80. The zero-order valence-electron chi connectivity index (χ0n) is 19.4. The number of pyridine rings is 2. The Labute approximate surface area is 207 Å². The lowest BCUT2D eigenvalue weighted by molar-refractivity contribution is -0.132. The Balaban J connectivity index is 1.53. The zero-order valence-corrected chi connectivity index (χ0v) is 20.2. The largest absolute Gasteiger partial charge is 0.406 e. The van der Waals surface area contributed by atoms with Gasteiger partial charge in [-0.2, -0.15) is 0 Å². The first kappa shape index (κ1) is 23.1. The van der Waals surface area contributed by atoms with Crippen molar-refractivity contribution in [3.05, 3.63) is 47.4 Å². The van der Waals surface area contributed by atoms with Crippen LogP contribution in [0.1, 0.15) is 56.2 Å². The Hall–Kier alpha value is -3.66. The van der Waals surface area contributed by atoms with Crippen LogP contribution in [0.4, 0.5) is 10.6 Å². The number of rotatable bonds is 6. The number of thiazole rings is 1. The van der Waals surface area contributed by atoms with E-state index in [4.69, 9.17) is 9.72 Å². The molecule has 0 unspecified atom stereocenters. The predicted octanol–water partition coefficient (Wildman–Crippen LogP) is 4.76. The number of hydrogen-bond acceptors (Lipinski definition) is 8. The van der Waals surface area contributed by atoms with Gasteiger partial charge in [0.2, 0.25) is 5.90 Å². The Morgan fingerprint density at radius 2 is 1.94 bits per heavy atom. The second kappa shape index (κ2) is 10.3. The highest BCUT2D eigenvalue weighted by Crippen LogP contribution is 2.39. The van der Waals surface area contributed by atoms with Gasteiger partial charge in [0.05, 0.1) is 11.3 Å². The van der Waals surface area contributed by atoms with E-state index in [1.54, 1.807) is 29.9 Å². The van der Waals surface area contributed by atoms with Crippen molar-refractivity contribution in [2.24, 2.45) is 4.99 Å². The number of urea groups is 1. The van der Waals surface area contributed by atoms with Crippen LogP contribution in [0.3, 0.4) is 0 Å². The Morgan fingerprint density at radius 1 is 1.11 bits per heavy atom. The Morgan fingerprint density at radius 3 is 2.71 bits per heavy atom. The molecule has 5 rings (SSSR count). The summed E-state index contributed by atoms with van der Waals surface area (Å²) in [5.41, 5.74) is 4.20. The van der Waals surface area contributed by atoms with Crippen molar-refractivity contribution in [2.75, 3.05) is 18.4 Å². The van der Waals surface area contributed by atoms with Crippen LogP contribution in [-0.4, -0.2) is 45.9 Å². The van der Waals surface area contributed by atoms with Gasteiger partial charge < -0.3 is 10.1 Å². The lowest BCUT2D eigenvalue weighted by Gasteiger charge is -2.19. The van der Waals surface area contributed by atoms with Crippen molar-refractivity contribution in [1.29, 1.82) is 0 Å². The van der Waals surface area contributed by atoms with Gasteiger partial charge in [-0.05, 0) is 31.9 Å². The van der Waals surface area contributed by atoms with Gasteiger partial charge in [0.15, 0.2) is 0 Å². The quantitative estimate of drug-likeness (QED) is 0.481. The number of amides is 2. The van der Waals surface area contributed by atoms with Crippen LogP contribution in [0, 0.1) is 0 Å². The van der Waals surface area contributed by atoms with Crippen LogP contribution >= 0.6 is 11.3 Å².